The molecule has 17 heavy (non-hydrogen) atoms. The van der Waals surface area contributed by atoms with Gasteiger partial charge in [0.2, 0.25) is 0 Å². The van der Waals surface area contributed by atoms with E-state index in [1.54, 1.807) is 18.2 Å². The molecular weight excluding hydrogens is 264 g/mol. The highest BCUT2D eigenvalue weighted by Crippen LogP contribution is 2.30. The SMILES string of the molecule is CS(=O)c1c(CC(=O)O)oc2ccc(Cl)cc12. The van der Waals surface area contributed by atoms with Crippen molar-refractivity contribution in [1.82, 2.24) is 0 Å². The van der Waals surface area contributed by atoms with Crippen LogP contribution >= 0.6 is 11.6 Å². The number of halogens is 1. The molecule has 6 heteroatoms. The number of furan rings is 1. The van der Waals surface area contributed by atoms with E-state index in [0.717, 1.165) is 0 Å². The van der Waals surface area contributed by atoms with E-state index in [4.69, 9.17) is 21.1 Å². The summed E-state index contributed by atoms with van der Waals surface area (Å²) in [5, 5.41) is 9.87. The molecule has 0 aliphatic heterocycles. The van der Waals surface area contributed by atoms with Crippen molar-refractivity contribution < 1.29 is 18.5 Å². The normalized spacial score (nSPS) is 12.8. The number of hydrogen-bond acceptors (Lipinski definition) is 3. The molecule has 90 valence electrons. The number of aliphatic carboxylic acids is 1. The van der Waals surface area contributed by atoms with Crippen molar-refractivity contribution in [3.8, 4) is 0 Å². The molecule has 4 nitrogen and oxygen atoms in total. The molecule has 2 rings (SSSR count). The maximum absolute atomic E-state index is 11.6. The van der Waals surface area contributed by atoms with E-state index in [2.05, 4.69) is 0 Å². The predicted molar refractivity (Wildman–Crippen MR) is 64.9 cm³/mol. The number of hydrogen-bond donors (Lipinski definition) is 1. The van der Waals surface area contributed by atoms with Gasteiger partial charge >= 0.3 is 5.97 Å². The lowest BCUT2D eigenvalue weighted by Crippen LogP contribution is -2.02. The second-order valence-electron chi connectivity index (χ2n) is 3.52. The molecular formula is C11H9ClO4S. The molecule has 0 aliphatic rings. The van der Waals surface area contributed by atoms with Gasteiger partial charge in [0, 0.05) is 16.7 Å². The second-order valence-corrected chi connectivity index (χ2v) is 5.27. The van der Waals surface area contributed by atoms with Gasteiger partial charge in [-0.3, -0.25) is 9.00 Å². The molecule has 1 atom stereocenters. The highest BCUT2D eigenvalue weighted by molar-refractivity contribution is 7.84. The van der Waals surface area contributed by atoms with Crippen LogP contribution in [0.2, 0.25) is 5.02 Å². The zero-order valence-corrected chi connectivity index (χ0v) is 10.5. The van der Waals surface area contributed by atoms with Crippen LogP contribution in [0, 0.1) is 0 Å². The van der Waals surface area contributed by atoms with Gasteiger partial charge in [-0.1, -0.05) is 11.6 Å². The summed E-state index contributed by atoms with van der Waals surface area (Å²) in [5.41, 5.74) is 0.496. The largest absolute Gasteiger partial charge is 0.481 e. The van der Waals surface area contributed by atoms with Crippen LogP contribution in [0.4, 0.5) is 0 Å². The second kappa shape index (κ2) is 4.50. The van der Waals surface area contributed by atoms with Crippen molar-refractivity contribution in [2.45, 2.75) is 11.3 Å². The monoisotopic (exact) mass is 272 g/mol. The van der Waals surface area contributed by atoms with Gasteiger partial charge in [-0.25, -0.2) is 0 Å². The Kier molecular flexibility index (Phi) is 3.22. The van der Waals surface area contributed by atoms with E-state index >= 15 is 0 Å². The zero-order valence-electron chi connectivity index (χ0n) is 8.90. The maximum atomic E-state index is 11.6. The number of rotatable bonds is 3. The van der Waals surface area contributed by atoms with Crippen molar-refractivity contribution in [2.75, 3.05) is 6.26 Å². The predicted octanol–water partition coefficient (Wildman–Crippen LogP) is 2.45. The van der Waals surface area contributed by atoms with E-state index in [9.17, 15) is 9.00 Å². The van der Waals surface area contributed by atoms with Crippen molar-refractivity contribution in [3.05, 3.63) is 29.0 Å². The standard InChI is InChI=1S/C11H9ClO4S/c1-17(15)11-7-4-6(12)2-3-8(7)16-9(11)5-10(13)14/h2-4H,5H2,1H3,(H,13,14). The third-order valence-corrected chi connectivity index (χ3v) is 3.53. The molecule has 0 saturated carbocycles. The van der Waals surface area contributed by atoms with Crippen LogP contribution in [0.3, 0.4) is 0 Å². The lowest BCUT2D eigenvalue weighted by atomic mass is 10.2. The van der Waals surface area contributed by atoms with E-state index in [0.29, 0.717) is 20.9 Å². The first-order valence-corrected chi connectivity index (χ1v) is 6.69. The summed E-state index contributed by atoms with van der Waals surface area (Å²) in [4.78, 5) is 11.1. The van der Waals surface area contributed by atoms with Gasteiger partial charge in [0.05, 0.1) is 15.7 Å². The fourth-order valence-electron chi connectivity index (χ4n) is 1.67. The summed E-state index contributed by atoms with van der Waals surface area (Å²) in [6.45, 7) is 0. The highest BCUT2D eigenvalue weighted by atomic mass is 35.5. The minimum Gasteiger partial charge on any atom is -0.481 e. The van der Waals surface area contributed by atoms with E-state index < -0.39 is 16.8 Å². The molecule has 0 amide bonds. The molecule has 0 fully saturated rings. The molecule has 0 spiro atoms. The fourth-order valence-corrected chi connectivity index (χ4v) is 2.74. The molecule has 1 unspecified atom stereocenters. The molecule has 1 heterocycles. The fraction of sp³-hybridized carbons (Fsp3) is 0.182. The van der Waals surface area contributed by atoms with E-state index in [1.165, 1.54) is 6.26 Å². The Labute approximate surface area is 105 Å². The summed E-state index contributed by atoms with van der Waals surface area (Å²) in [7, 11) is -1.32. The molecule has 0 radical (unpaired) electrons. The van der Waals surface area contributed by atoms with Gasteiger partial charge in [-0.2, -0.15) is 0 Å². The number of benzene rings is 1. The van der Waals surface area contributed by atoms with Gasteiger partial charge < -0.3 is 9.52 Å². The quantitative estimate of drug-likeness (QED) is 0.932. The van der Waals surface area contributed by atoms with Crippen LogP contribution in [-0.2, 0) is 22.0 Å². The van der Waals surface area contributed by atoms with Crippen LogP contribution in [-0.4, -0.2) is 21.5 Å². The van der Waals surface area contributed by atoms with Crippen LogP contribution in [0.15, 0.2) is 27.5 Å². The van der Waals surface area contributed by atoms with Gasteiger partial charge in [0.1, 0.15) is 17.8 Å². The Morgan fingerprint density at radius 2 is 2.24 bits per heavy atom. The summed E-state index contributed by atoms with van der Waals surface area (Å²) in [6, 6.07) is 4.90. The first-order chi connectivity index (χ1) is 7.99. The van der Waals surface area contributed by atoms with E-state index in [1.807, 2.05) is 0 Å². The maximum Gasteiger partial charge on any atom is 0.311 e. The molecule has 0 bridgehead atoms. The number of carboxylic acid groups (broad SMARTS) is 1. The van der Waals surface area contributed by atoms with Gasteiger partial charge in [-0.05, 0) is 18.2 Å². The molecule has 1 aromatic carbocycles. The smallest absolute Gasteiger partial charge is 0.311 e. The third kappa shape index (κ3) is 2.35. The molecule has 1 aromatic heterocycles. The van der Waals surface area contributed by atoms with Crippen LogP contribution in [0.25, 0.3) is 11.0 Å². The average Bonchev–Trinajstić information content (AvgIpc) is 2.53. The van der Waals surface area contributed by atoms with Crippen molar-refractivity contribution in [1.29, 1.82) is 0 Å². The number of fused-ring (bicyclic) bond motifs is 1. The summed E-state index contributed by atoms with van der Waals surface area (Å²) >= 11 is 5.85. The third-order valence-electron chi connectivity index (χ3n) is 2.27. The van der Waals surface area contributed by atoms with E-state index in [-0.39, 0.29) is 12.2 Å². The Morgan fingerprint density at radius 1 is 1.53 bits per heavy atom. The lowest BCUT2D eigenvalue weighted by molar-refractivity contribution is -0.136. The summed E-state index contributed by atoms with van der Waals surface area (Å²) < 4.78 is 17.0. The van der Waals surface area contributed by atoms with Crippen molar-refractivity contribution in [3.63, 3.8) is 0 Å². The van der Waals surface area contributed by atoms with Crippen molar-refractivity contribution >= 4 is 39.3 Å². The van der Waals surface area contributed by atoms with Gasteiger partial charge in [0.25, 0.3) is 0 Å². The first kappa shape index (κ1) is 12.1. The minimum absolute atomic E-state index is 0.218. The molecule has 0 aliphatic carbocycles. The van der Waals surface area contributed by atoms with Crippen LogP contribution in [0.1, 0.15) is 5.76 Å². The topological polar surface area (TPSA) is 67.5 Å². The Morgan fingerprint density at radius 3 is 2.82 bits per heavy atom. The molecule has 1 N–H and O–H groups in total. The number of carboxylic acids is 1. The van der Waals surface area contributed by atoms with Crippen LogP contribution in [0.5, 0.6) is 0 Å². The van der Waals surface area contributed by atoms with Gasteiger partial charge in [0.15, 0.2) is 0 Å². The highest BCUT2D eigenvalue weighted by Gasteiger charge is 2.19. The van der Waals surface area contributed by atoms with Crippen molar-refractivity contribution in [2.24, 2.45) is 0 Å². The zero-order chi connectivity index (χ0) is 12.6. The molecule has 2 aromatic rings. The Bertz CT molecular complexity index is 617. The number of carbonyl (C=O) groups is 1. The lowest BCUT2D eigenvalue weighted by Gasteiger charge is -1.96. The molecule has 0 saturated heterocycles. The van der Waals surface area contributed by atoms with Gasteiger partial charge in [-0.15, -0.1) is 0 Å². The first-order valence-electron chi connectivity index (χ1n) is 4.75. The minimum atomic E-state index is -1.32. The average molecular weight is 273 g/mol. The Hall–Kier alpha value is -1.33. The summed E-state index contributed by atoms with van der Waals surface area (Å²) in [6.07, 6.45) is 1.19. The Balaban J connectivity index is 2.71. The summed E-state index contributed by atoms with van der Waals surface area (Å²) in [5.74, 6) is -0.808. The van der Waals surface area contributed by atoms with Crippen LogP contribution < -0.4 is 0 Å².